The molecule has 0 aliphatic carbocycles. The number of rotatable bonds is 8. The molecule has 1 aromatic heterocycles. The van der Waals surface area contributed by atoms with Gasteiger partial charge in [-0.1, -0.05) is 19.1 Å². The van der Waals surface area contributed by atoms with Crippen LogP contribution in [0.5, 0.6) is 5.75 Å². The number of carbonyl (C=O) groups excluding carboxylic acids is 2. The monoisotopic (exact) mass is 430 g/mol. The van der Waals surface area contributed by atoms with Crippen LogP contribution in [-0.2, 0) is 11.2 Å². The third-order valence-corrected chi connectivity index (χ3v) is 4.13. The van der Waals surface area contributed by atoms with Crippen LogP contribution in [0.2, 0.25) is 0 Å². The van der Waals surface area contributed by atoms with Crippen LogP contribution in [0.3, 0.4) is 0 Å². The molecule has 1 heterocycles. The molecular weight excluding hydrogens is 411 g/mol. The van der Waals surface area contributed by atoms with E-state index >= 15 is 0 Å². The molecule has 1 N–H and O–H groups in total. The van der Waals surface area contributed by atoms with Gasteiger partial charge >= 0.3 is 12.3 Å². The number of pyridine rings is 1. The number of nitrogens with zero attached hydrogens (tertiary/aromatic N) is 1. The summed E-state index contributed by atoms with van der Waals surface area (Å²) >= 11 is 0. The second-order valence-electron chi connectivity index (χ2n) is 6.49. The predicted molar refractivity (Wildman–Crippen MR) is 97.2 cm³/mol. The number of hydrogen-bond donors (Lipinski definition) is 1. The first-order valence-corrected chi connectivity index (χ1v) is 8.94. The molecule has 0 unspecified atom stereocenters. The Kier molecular flexibility index (Phi) is 7.12. The van der Waals surface area contributed by atoms with Crippen molar-refractivity contribution in [1.29, 1.82) is 0 Å². The normalized spacial score (nSPS) is 12.9. The van der Waals surface area contributed by atoms with Gasteiger partial charge in [-0.05, 0) is 36.8 Å². The van der Waals surface area contributed by atoms with E-state index in [1.807, 2.05) is 0 Å². The van der Waals surface area contributed by atoms with E-state index in [2.05, 4.69) is 15.0 Å². The molecule has 30 heavy (non-hydrogen) atoms. The number of benzene rings is 1. The quantitative estimate of drug-likeness (QED) is 0.621. The smallest absolute Gasteiger partial charge is 0.426 e. The lowest BCUT2D eigenvalue weighted by molar-refractivity contribution is -0.360. The van der Waals surface area contributed by atoms with Gasteiger partial charge in [0.25, 0.3) is 5.91 Å². The second kappa shape index (κ2) is 9.19. The maximum Gasteiger partial charge on any atom is 0.499 e. The molecule has 2 aromatic rings. The number of Topliss-reactive ketones (excluding diaryl/α,β-unsaturated/α-hetero) is 1. The second-order valence-corrected chi connectivity index (χ2v) is 6.49. The van der Waals surface area contributed by atoms with E-state index < -0.39 is 30.0 Å². The van der Waals surface area contributed by atoms with Gasteiger partial charge in [0.15, 0.2) is 0 Å². The molecule has 0 aliphatic heterocycles. The first-order chi connectivity index (χ1) is 13.9. The van der Waals surface area contributed by atoms with Gasteiger partial charge in [-0.2, -0.15) is 22.0 Å². The van der Waals surface area contributed by atoms with Gasteiger partial charge in [0.1, 0.15) is 11.5 Å². The van der Waals surface area contributed by atoms with E-state index in [9.17, 15) is 31.5 Å². The standard InChI is InChI=1S/C20H19F5N2O3/c1-3-16(28)11-15-9-14(7-8-26-15)18(29)27-12(2)13-5-4-6-17(10-13)30-20(24,25)19(21,22)23/h4-10,12H,3,11H2,1-2H3,(H,27,29)/t12-/m1/s1. The first kappa shape index (κ1) is 23.2. The molecular formula is C20H19F5N2O3. The Morgan fingerprint density at radius 2 is 1.83 bits per heavy atom. The number of halogens is 5. The average Bonchev–Trinajstić information content (AvgIpc) is 2.67. The summed E-state index contributed by atoms with van der Waals surface area (Å²) in [6.45, 7) is 3.24. The molecule has 0 saturated carbocycles. The van der Waals surface area contributed by atoms with Crippen LogP contribution in [0.1, 0.15) is 47.9 Å². The van der Waals surface area contributed by atoms with Crippen molar-refractivity contribution < 1.29 is 36.3 Å². The number of amides is 1. The molecule has 0 saturated heterocycles. The van der Waals surface area contributed by atoms with Crippen LogP contribution in [0.15, 0.2) is 42.6 Å². The third-order valence-electron chi connectivity index (χ3n) is 4.13. The van der Waals surface area contributed by atoms with E-state index in [0.717, 1.165) is 12.1 Å². The predicted octanol–water partition coefficient (Wildman–Crippen LogP) is 4.63. The Labute approximate surface area is 169 Å². The van der Waals surface area contributed by atoms with Crippen molar-refractivity contribution >= 4 is 11.7 Å². The van der Waals surface area contributed by atoms with Crippen molar-refractivity contribution in [2.24, 2.45) is 0 Å². The van der Waals surface area contributed by atoms with Gasteiger partial charge in [0.05, 0.1) is 6.04 Å². The van der Waals surface area contributed by atoms with Crippen molar-refractivity contribution in [2.45, 2.75) is 45.0 Å². The molecule has 1 aromatic carbocycles. The first-order valence-electron chi connectivity index (χ1n) is 8.94. The number of ether oxygens (including phenoxy) is 1. The minimum absolute atomic E-state index is 0.0408. The summed E-state index contributed by atoms with van der Waals surface area (Å²) in [5.41, 5.74) is 0.910. The zero-order valence-electron chi connectivity index (χ0n) is 16.1. The van der Waals surface area contributed by atoms with E-state index in [0.29, 0.717) is 12.1 Å². The highest BCUT2D eigenvalue weighted by Crippen LogP contribution is 2.37. The zero-order valence-corrected chi connectivity index (χ0v) is 16.1. The fourth-order valence-electron chi connectivity index (χ4n) is 2.46. The molecule has 0 aliphatic rings. The Bertz CT molecular complexity index is 915. The maximum atomic E-state index is 13.1. The molecule has 162 valence electrons. The molecule has 0 fully saturated rings. The van der Waals surface area contributed by atoms with Crippen LogP contribution in [0.25, 0.3) is 0 Å². The molecule has 0 spiro atoms. The zero-order chi connectivity index (χ0) is 22.5. The number of alkyl halides is 5. The molecule has 10 heteroatoms. The highest BCUT2D eigenvalue weighted by molar-refractivity contribution is 5.94. The summed E-state index contributed by atoms with van der Waals surface area (Å²) in [5, 5.41) is 2.61. The van der Waals surface area contributed by atoms with Gasteiger partial charge in [0, 0.05) is 30.3 Å². The lowest BCUT2D eigenvalue weighted by Gasteiger charge is -2.21. The fourth-order valence-corrected chi connectivity index (χ4v) is 2.46. The van der Waals surface area contributed by atoms with Crippen molar-refractivity contribution in [2.75, 3.05) is 0 Å². The lowest BCUT2D eigenvalue weighted by atomic mass is 10.1. The van der Waals surface area contributed by atoms with Crippen molar-refractivity contribution in [3.8, 4) is 5.75 Å². The maximum absolute atomic E-state index is 13.1. The number of carbonyl (C=O) groups is 2. The molecule has 1 amide bonds. The van der Waals surface area contributed by atoms with Gasteiger partial charge < -0.3 is 10.1 Å². The molecule has 2 rings (SSSR count). The van der Waals surface area contributed by atoms with Gasteiger partial charge in [-0.15, -0.1) is 0 Å². The number of nitrogens with one attached hydrogen (secondary N) is 1. The summed E-state index contributed by atoms with van der Waals surface area (Å²) in [4.78, 5) is 28.0. The molecule has 1 atom stereocenters. The molecule has 0 bridgehead atoms. The number of aromatic nitrogens is 1. The minimum Gasteiger partial charge on any atom is -0.426 e. The minimum atomic E-state index is -5.86. The van der Waals surface area contributed by atoms with E-state index in [1.54, 1.807) is 6.92 Å². The van der Waals surface area contributed by atoms with Gasteiger partial charge in [0.2, 0.25) is 0 Å². The molecule has 5 nitrogen and oxygen atoms in total. The Balaban J connectivity index is 2.11. The van der Waals surface area contributed by atoms with Crippen molar-refractivity contribution in [3.05, 3.63) is 59.4 Å². The summed E-state index contributed by atoms with van der Waals surface area (Å²) in [6.07, 6.45) is -9.41. The van der Waals surface area contributed by atoms with E-state index in [4.69, 9.17) is 0 Å². The van der Waals surface area contributed by atoms with Crippen LogP contribution in [0.4, 0.5) is 22.0 Å². The topological polar surface area (TPSA) is 68.3 Å². The number of hydrogen-bond acceptors (Lipinski definition) is 4. The Morgan fingerprint density at radius 3 is 2.47 bits per heavy atom. The Morgan fingerprint density at radius 1 is 1.13 bits per heavy atom. The summed E-state index contributed by atoms with van der Waals surface area (Å²) in [5.74, 6) is -1.26. The lowest BCUT2D eigenvalue weighted by Crippen LogP contribution is -2.41. The highest BCUT2D eigenvalue weighted by atomic mass is 19.4. The third kappa shape index (κ3) is 5.98. The van der Waals surface area contributed by atoms with E-state index in [1.165, 1.54) is 37.4 Å². The summed E-state index contributed by atoms with van der Waals surface area (Å²) in [6, 6.07) is 6.79. The largest absolute Gasteiger partial charge is 0.499 e. The van der Waals surface area contributed by atoms with Crippen LogP contribution in [-0.4, -0.2) is 29.0 Å². The van der Waals surface area contributed by atoms with Crippen LogP contribution >= 0.6 is 0 Å². The SMILES string of the molecule is CCC(=O)Cc1cc(C(=O)N[C@H](C)c2cccc(OC(F)(F)C(F)(F)F)c2)ccn1. The van der Waals surface area contributed by atoms with Gasteiger partial charge in [-0.3, -0.25) is 14.6 Å². The summed E-state index contributed by atoms with van der Waals surface area (Å²) in [7, 11) is 0. The molecule has 0 radical (unpaired) electrons. The van der Waals surface area contributed by atoms with Gasteiger partial charge in [-0.25, -0.2) is 0 Å². The van der Waals surface area contributed by atoms with Crippen molar-refractivity contribution in [3.63, 3.8) is 0 Å². The van der Waals surface area contributed by atoms with E-state index in [-0.39, 0.29) is 23.3 Å². The van der Waals surface area contributed by atoms with Crippen molar-refractivity contribution in [1.82, 2.24) is 10.3 Å². The fraction of sp³-hybridized carbons (Fsp3) is 0.350. The Hall–Kier alpha value is -3.04. The van der Waals surface area contributed by atoms with Crippen LogP contribution in [0, 0.1) is 0 Å². The highest BCUT2D eigenvalue weighted by Gasteiger charge is 2.61. The summed E-state index contributed by atoms with van der Waals surface area (Å²) < 4.78 is 66.9. The number of ketones is 1. The van der Waals surface area contributed by atoms with Crippen LogP contribution < -0.4 is 10.1 Å². The average molecular weight is 430 g/mol.